The number of carbonyl (C=O) groups is 3. The highest BCUT2D eigenvalue weighted by atomic mass is 32.2. The smallest absolute Gasteiger partial charge is 0.257 e. The number of ketones is 2. The van der Waals surface area contributed by atoms with Gasteiger partial charge in [0.05, 0.1) is 11.6 Å². The molecule has 4 atom stereocenters. The first kappa shape index (κ1) is 29.9. The molecule has 1 heterocycles. The summed E-state index contributed by atoms with van der Waals surface area (Å²) in [7, 11) is 6.82. The number of primary amides is 1. The number of rotatable bonds is 6. The van der Waals surface area contributed by atoms with Crippen LogP contribution in [0, 0.1) is 17.7 Å². The van der Waals surface area contributed by atoms with E-state index in [1.165, 1.54) is 28.8 Å². The molecule has 3 aliphatic carbocycles. The second-order valence-corrected chi connectivity index (χ2v) is 12.8. The van der Waals surface area contributed by atoms with Crippen LogP contribution in [-0.2, 0) is 26.6 Å². The van der Waals surface area contributed by atoms with Gasteiger partial charge in [-0.15, -0.1) is 0 Å². The minimum Gasteiger partial charge on any atom is -0.508 e. The number of hydrogen-bond acceptors (Lipinski definition) is 11. The van der Waals surface area contributed by atoms with Gasteiger partial charge >= 0.3 is 0 Å². The molecule has 0 bridgehead atoms. The van der Waals surface area contributed by atoms with Crippen molar-refractivity contribution in [2.75, 3.05) is 33.1 Å². The van der Waals surface area contributed by atoms with E-state index in [2.05, 4.69) is 4.98 Å². The summed E-state index contributed by atoms with van der Waals surface area (Å²) in [6.45, 7) is 0. The van der Waals surface area contributed by atoms with Gasteiger partial charge in [0.1, 0.15) is 28.4 Å². The van der Waals surface area contributed by atoms with Crippen LogP contribution < -0.4 is 10.6 Å². The Morgan fingerprint density at radius 1 is 1.18 bits per heavy atom. The number of thioether (sulfide) groups is 1. The zero-order valence-corrected chi connectivity index (χ0v) is 25.2. The third-order valence-electron chi connectivity index (χ3n) is 8.82. The first-order chi connectivity index (χ1) is 20.7. The van der Waals surface area contributed by atoms with E-state index in [0.29, 0.717) is 22.1 Å². The van der Waals surface area contributed by atoms with Crippen molar-refractivity contribution >= 4 is 51.8 Å². The van der Waals surface area contributed by atoms with Crippen LogP contribution in [0.25, 0.3) is 16.9 Å². The molecule has 2 aromatic carbocycles. The van der Waals surface area contributed by atoms with E-state index in [1.54, 1.807) is 26.2 Å². The van der Waals surface area contributed by atoms with E-state index in [-0.39, 0.29) is 35.4 Å². The maximum absolute atomic E-state index is 14.2. The van der Waals surface area contributed by atoms with Gasteiger partial charge in [-0.25, -0.2) is 9.37 Å². The Labute approximate surface area is 255 Å². The van der Waals surface area contributed by atoms with Crippen LogP contribution in [0.2, 0.25) is 0 Å². The maximum Gasteiger partial charge on any atom is 0.257 e. The predicted octanol–water partition coefficient (Wildman–Crippen LogP) is 2.90. The minimum atomic E-state index is -2.67. The van der Waals surface area contributed by atoms with Crippen molar-refractivity contribution < 1.29 is 38.5 Å². The normalized spacial score (nSPS) is 24.9. The number of likely N-dealkylation sites (N-methyl/N-ethyl adjacent to an activating group) is 1. The second-order valence-electron chi connectivity index (χ2n) is 11.8. The summed E-state index contributed by atoms with van der Waals surface area (Å²) in [6, 6.07) is 6.76. The van der Waals surface area contributed by atoms with Crippen molar-refractivity contribution in [2.24, 2.45) is 17.6 Å². The van der Waals surface area contributed by atoms with Gasteiger partial charge in [-0.2, -0.15) is 0 Å². The molecule has 44 heavy (non-hydrogen) atoms. The molecule has 0 spiro atoms. The lowest BCUT2D eigenvalue weighted by Crippen LogP contribution is -2.65. The van der Waals surface area contributed by atoms with E-state index in [1.807, 2.05) is 25.1 Å². The molecule has 230 valence electrons. The summed E-state index contributed by atoms with van der Waals surface area (Å²) in [5.74, 6) is -6.22. The molecule has 0 unspecified atom stereocenters. The summed E-state index contributed by atoms with van der Waals surface area (Å²) < 4.78 is 19.5. The number of aliphatic hydroxyl groups is 3. The molecule has 1 saturated carbocycles. The van der Waals surface area contributed by atoms with Gasteiger partial charge in [-0.05, 0) is 62.2 Å². The summed E-state index contributed by atoms with van der Waals surface area (Å²) in [6.07, 6.45) is 0.308. The van der Waals surface area contributed by atoms with Crippen LogP contribution >= 0.6 is 11.8 Å². The fraction of sp³-hybridized carbons (Fsp3) is 0.355. The van der Waals surface area contributed by atoms with Crippen LogP contribution in [0.1, 0.15) is 23.1 Å². The average molecular weight is 623 g/mol. The Hall–Kier alpha value is -4.20. The molecule has 0 radical (unpaired) electrons. The molecule has 3 aliphatic rings. The molecule has 11 nitrogen and oxygen atoms in total. The molecule has 5 N–H and O–H groups in total. The van der Waals surface area contributed by atoms with Crippen LogP contribution in [-0.4, -0.2) is 82.5 Å². The number of Topliss-reactive ketones (excluding diaryl/α,β-unsaturated/α-hetero) is 2. The van der Waals surface area contributed by atoms with Gasteiger partial charge in [0.25, 0.3) is 11.1 Å². The van der Waals surface area contributed by atoms with E-state index in [9.17, 15) is 34.1 Å². The molecule has 1 fully saturated rings. The highest BCUT2D eigenvalue weighted by Crippen LogP contribution is 2.53. The largest absolute Gasteiger partial charge is 0.508 e. The van der Waals surface area contributed by atoms with Gasteiger partial charge in [0.15, 0.2) is 17.0 Å². The van der Waals surface area contributed by atoms with Crippen LogP contribution in [0.4, 0.5) is 10.1 Å². The summed E-state index contributed by atoms with van der Waals surface area (Å²) in [4.78, 5) is 47.7. The first-order valence-corrected chi connectivity index (χ1v) is 14.9. The Balaban J connectivity index is 1.50. The summed E-state index contributed by atoms with van der Waals surface area (Å²) >= 11 is 1.28. The van der Waals surface area contributed by atoms with E-state index in [0.717, 1.165) is 11.3 Å². The van der Waals surface area contributed by atoms with Crippen LogP contribution in [0.3, 0.4) is 0 Å². The standard InChI is InChI=1S/C31H31FN4O7S/c1-35(2)19-11-18-26(43-30(34-18)44-12-13-5-7-15(32)8-6-13)21-16(19)9-14-10-17-23(36(3)4)25(38)22(29(33)41)28(40)31(17,42)27(39)20(14)24(21)37/h5-8,11,14,17,23,37,40,42H,9-10,12H2,1-4H3,(H2,33,41)/t14-,17-,23-,31-/m0/s1. The molecule has 1 amide bonds. The lowest BCUT2D eigenvalue weighted by Gasteiger charge is -2.50. The Morgan fingerprint density at radius 3 is 2.48 bits per heavy atom. The molecule has 6 rings (SSSR count). The van der Waals surface area contributed by atoms with E-state index in [4.69, 9.17) is 10.2 Å². The fourth-order valence-corrected chi connectivity index (χ4v) is 7.63. The maximum atomic E-state index is 14.2. The molecule has 3 aromatic rings. The highest BCUT2D eigenvalue weighted by molar-refractivity contribution is 7.98. The minimum absolute atomic E-state index is 0.0475. The SMILES string of the molecule is CN(C)c1cc2nc(SCc3ccc(F)cc3)oc2c2c1C[C@H]1C[C@H]3[C@H](N(C)C)C(=O)C(C(N)=O)=C(O)[C@@]3(O)C(=O)C1=C2O. The number of hydrogen-bond donors (Lipinski definition) is 4. The number of benzene rings is 2. The van der Waals surface area contributed by atoms with Crippen molar-refractivity contribution in [1.82, 2.24) is 9.88 Å². The van der Waals surface area contributed by atoms with E-state index < -0.39 is 58.0 Å². The lowest BCUT2D eigenvalue weighted by atomic mass is 9.57. The molecule has 0 saturated heterocycles. The van der Waals surface area contributed by atoms with Crippen LogP contribution in [0.5, 0.6) is 0 Å². The highest BCUT2D eigenvalue weighted by Gasteiger charge is 2.64. The number of aliphatic hydroxyl groups excluding tert-OH is 2. The first-order valence-electron chi connectivity index (χ1n) is 13.9. The fourth-order valence-electron chi connectivity index (χ4n) is 6.85. The zero-order chi connectivity index (χ0) is 31.8. The number of carbonyl (C=O) groups excluding carboxylic acids is 3. The number of oxazole rings is 1. The quantitative estimate of drug-likeness (QED) is 0.235. The Bertz CT molecular complexity index is 1810. The Kier molecular flexibility index (Phi) is 7.10. The van der Waals surface area contributed by atoms with Gasteiger partial charge in [-0.1, -0.05) is 23.9 Å². The topological polar surface area (TPSA) is 170 Å². The molecule has 13 heteroatoms. The Morgan fingerprint density at radius 2 is 1.86 bits per heavy atom. The molecular formula is C31H31FN4O7S. The number of nitrogens with two attached hydrogens (primary N) is 1. The summed E-state index contributed by atoms with van der Waals surface area (Å²) in [5, 5.41) is 35.1. The number of fused-ring (bicyclic) bond motifs is 5. The molecule has 1 aromatic heterocycles. The second kappa shape index (κ2) is 10.5. The number of halogens is 1. The molecule has 0 aliphatic heterocycles. The van der Waals surface area contributed by atoms with Crippen LogP contribution in [0.15, 0.2) is 56.9 Å². The van der Waals surface area contributed by atoms with Crippen molar-refractivity contribution in [3.63, 3.8) is 0 Å². The number of nitrogens with zero attached hydrogens (tertiary/aromatic N) is 3. The third kappa shape index (κ3) is 4.32. The van der Waals surface area contributed by atoms with Crippen molar-refractivity contribution in [1.29, 1.82) is 0 Å². The predicted molar refractivity (Wildman–Crippen MR) is 160 cm³/mol. The van der Waals surface area contributed by atoms with Gasteiger partial charge in [0.2, 0.25) is 5.78 Å². The van der Waals surface area contributed by atoms with Gasteiger partial charge in [0, 0.05) is 37.0 Å². The lowest BCUT2D eigenvalue weighted by molar-refractivity contribution is -0.153. The van der Waals surface area contributed by atoms with Gasteiger partial charge in [-0.3, -0.25) is 19.3 Å². The zero-order valence-electron chi connectivity index (χ0n) is 24.4. The van der Waals surface area contributed by atoms with Crippen molar-refractivity contribution in [2.45, 2.75) is 35.5 Å². The van der Waals surface area contributed by atoms with Crippen molar-refractivity contribution in [3.05, 3.63) is 69.7 Å². The summed E-state index contributed by atoms with van der Waals surface area (Å²) in [5.41, 5.74) is 4.96. The van der Waals surface area contributed by atoms with E-state index >= 15 is 0 Å². The third-order valence-corrected chi connectivity index (χ3v) is 9.72. The van der Waals surface area contributed by atoms with Crippen molar-refractivity contribution in [3.8, 4) is 0 Å². The number of anilines is 1. The molecular weight excluding hydrogens is 591 g/mol. The average Bonchev–Trinajstić information content (AvgIpc) is 3.36. The number of amides is 1. The monoisotopic (exact) mass is 622 g/mol. The van der Waals surface area contributed by atoms with Gasteiger partial charge < -0.3 is 30.4 Å². The number of aromatic nitrogens is 1.